The Bertz CT molecular complexity index is 670. The second-order valence-corrected chi connectivity index (χ2v) is 4.99. The summed E-state index contributed by atoms with van der Waals surface area (Å²) in [5.74, 6) is -1.23. The number of rotatable bonds is 4. The summed E-state index contributed by atoms with van der Waals surface area (Å²) in [7, 11) is 0. The summed E-state index contributed by atoms with van der Waals surface area (Å²) in [5, 5.41) is 15.4. The number of benzene rings is 1. The fraction of sp³-hybridized carbons (Fsp3) is 0.267. The Kier molecular flexibility index (Phi) is 4.07. The van der Waals surface area contributed by atoms with Gasteiger partial charge in [-0.15, -0.1) is 0 Å². The summed E-state index contributed by atoms with van der Waals surface area (Å²) in [5.41, 5.74) is 2.45. The average molecular weight is 288 g/mol. The second-order valence-electron chi connectivity index (χ2n) is 4.99. The van der Waals surface area contributed by atoms with Crippen LogP contribution in [0.4, 0.5) is 0 Å². The molecular formula is C15H16N2O4. The summed E-state index contributed by atoms with van der Waals surface area (Å²) in [6, 6.07) is 5.73. The zero-order valence-corrected chi connectivity index (χ0v) is 12.0. The third-order valence-electron chi connectivity index (χ3n) is 2.96. The van der Waals surface area contributed by atoms with E-state index in [1.54, 1.807) is 19.1 Å². The van der Waals surface area contributed by atoms with E-state index >= 15 is 0 Å². The first-order chi connectivity index (χ1) is 9.86. The molecular weight excluding hydrogens is 272 g/mol. The van der Waals surface area contributed by atoms with Gasteiger partial charge in [-0.3, -0.25) is 4.79 Å². The maximum atomic E-state index is 12.0. The summed E-state index contributed by atoms with van der Waals surface area (Å²) in [6.07, 6.45) is 0. The zero-order chi connectivity index (χ0) is 15.6. The number of carboxylic acids is 1. The van der Waals surface area contributed by atoms with Gasteiger partial charge in [-0.05, 0) is 26.3 Å². The molecule has 2 rings (SSSR count). The minimum Gasteiger partial charge on any atom is -0.479 e. The van der Waals surface area contributed by atoms with Crippen molar-refractivity contribution in [3.63, 3.8) is 0 Å². The number of aryl methyl sites for hydroxylation is 3. The van der Waals surface area contributed by atoms with E-state index in [0.29, 0.717) is 11.3 Å². The number of carbonyl (C=O) groups is 2. The highest BCUT2D eigenvalue weighted by atomic mass is 16.5. The third-order valence-corrected chi connectivity index (χ3v) is 2.96. The first kappa shape index (κ1) is 14.8. The number of carbonyl (C=O) groups excluding carboxylic acids is 1. The van der Waals surface area contributed by atoms with Crippen molar-refractivity contribution in [3.05, 3.63) is 52.4 Å². The van der Waals surface area contributed by atoms with Crippen molar-refractivity contribution in [2.24, 2.45) is 0 Å². The zero-order valence-electron chi connectivity index (χ0n) is 12.0. The van der Waals surface area contributed by atoms with Crippen molar-refractivity contribution < 1.29 is 19.2 Å². The van der Waals surface area contributed by atoms with Gasteiger partial charge in [-0.25, -0.2) is 4.79 Å². The van der Waals surface area contributed by atoms with Crippen LogP contribution in [0.3, 0.4) is 0 Å². The number of hydrogen-bond donors (Lipinski definition) is 2. The van der Waals surface area contributed by atoms with E-state index in [2.05, 4.69) is 10.5 Å². The van der Waals surface area contributed by atoms with E-state index < -0.39 is 17.9 Å². The molecule has 0 spiro atoms. The minimum absolute atomic E-state index is 0.0584. The molecule has 2 N–H and O–H groups in total. The fourth-order valence-electron chi connectivity index (χ4n) is 2.14. The topological polar surface area (TPSA) is 92.4 Å². The Morgan fingerprint density at radius 3 is 2.24 bits per heavy atom. The predicted octanol–water partition coefficient (Wildman–Crippen LogP) is 2.16. The summed E-state index contributed by atoms with van der Waals surface area (Å²) in [6.45, 7) is 5.40. The molecule has 0 fully saturated rings. The lowest BCUT2D eigenvalue weighted by Crippen LogP contribution is -2.34. The van der Waals surface area contributed by atoms with E-state index in [0.717, 1.165) is 11.1 Å². The number of aromatic nitrogens is 1. The lowest BCUT2D eigenvalue weighted by molar-refractivity contribution is -0.139. The van der Waals surface area contributed by atoms with Gasteiger partial charge in [0.05, 0.1) is 0 Å². The Labute approximate surface area is 121 Å². The third kappa shape index (κ3) is 3.47. The largest absolute Gasteiger partial charge is 0.479 e. The number of amides is 1. The normalized spacial score (nSPS) is 12.0. The molecule has 1 atom stereocenters. The average Bonchev–Trinajstić information content (AvgIpc) is 2.80. The number of hydrogen-bond acceptors (Lipinski definition) is 4. The number of carboxylic acid groups (broad SMARTS) is 1. The quantitative estimate of drug-likeness (QED) is 0.899. The van der Waals surface area contributed by atoms with Crippen LogP contribution in [-0.2, 0) is 4.79 Å². The van der Waals surface area contributed by atoms with Gasteiger partial charge in [-0.2, -0.15) is 0 Å². The maximum Gasteiger partial charge on any atom is 0.330 e. The first-order valence-corrected chi connectivity index (χ1v) is 6.42. The van der Waals surface area contributed by atoms with Gasteiger partial charge in [-0.1, -0.05) is 34.5 Å². The molecule has 0 aliphatic carbocycles. The molecule has 1 aromatic heterocycles. The monoisotopic (exact) mass is 288 g/mol. The van der Waals surface area contributed by atoms with Gasteiger partial charge < -0.3 is 14.9 Å². The molecule has 1 unspecified atom stereocenters. The number of aliphatic carboxylic acids is 1. The molecule has 0 bridgehead atoms. The van der Waals surface area contributed by atoms with Crippen LogP contribution in [0.2, 0.25) is 0 Å². The fourth-order valence-corrected chi connectivity index (χ4v) is 2.14. The minimum atomic E-state index is -1.13. The van der Waals surface area contributed by atoms with Gasteiger partial charge in [0.1, 0.15) is 5.76 Å². The van der Waals surface area contributed by atoms with Gasteiger partial charge in [0.15, 0.2) is 11.7 Å². The lowest BCUT2D eigenvalue weighted by atomic mass is 10.0. The highest BCUT2D eigenvalue weighted by Crippen LogP contribution is 2.18. The molecule has 1 aromatic carbocycles. The lowest BCUT2D eigenvalue weighted by Gasteiger charge is -2.15. The van der Waals surface area contributed by atoms with E-state index in [1.165, 1.54) is 6.07 Å². The van der Waals surface area contributed by atoms with Crippen LogP contribution >= 0.6 is 0 Å². The molecule has 1 heterocycles. The molecule has 0 aliphatic rings. The van der Waals surface area contributed by atoms with E-state index in [-0.39, 0.29) is 5.69 Å². The summed E-state index contributed by atoms with van der Waals surface area (Å²) < 4.78 is 4.81. The molecule has 6 nitrogen and oxygen atoms in total. The number of nitrogens with one attached hydrogen (secondary N) is 1. The summed E-state index contributed by atoms with van der Waals surface area (Å²) >= 11 is 0. The smallest absolute Gasteiger partial charge is 0.330 e. The van der Waals surface area contributed by atoms with Crippen LogP contribution in [0, 0.1) is 20.8 Å². The SMILES string of the molecule is Cc1cc(C)cc(C(NC(=O)c2cc(C)on2)C(=O)O)c1. The van der Waals surface area contributed by atoms with Crippen LogP contribution in [0.15, 0.2) is 28.8 Å². The molecule has 0 saturated carbocycles. The van der Waals surface area contributed by atoms with E-state index in [9.17, 15) is 14.7 Å². The molecule has 0 saturated heterocycles. The van der Waals surface area contributed by atoms with Crippen LogP contribution < -0.4 is 5.32 Å². The summed E-state index contributed by atoms with van der Waals surface area (Å²) in [4.78, 5) is 23.5. The Morgan fingerprint density at radius 2 is 1.76 bits per heavy atom. The predicted molar refractivity (Wildman–Crippen MR) is 75.0 cm³/mol. The molecule has 2 aromatic rings. The second kappa shape index (κ2) is 5.78. The van der Waals surface area contributed by atoms with Crippen molar-refractivity contribution in [1.29, 1.82) is 0 Å². The van der Waals surface area contributed by atoms with Crippen LogP contribution in [0.5, 0.6) is 0 Å². The molecule has 0 aliphatic heterocycles. The maximum absolute atomic E-state index is 12.0. The van der Waals surface area contributed by atoms with Crippen molar-refractivity contribution >= 4 is 11.9 Å². The Morgan fingerprint density at radius 1 is 1.14 bits per heavy atom. The first-order valence-electron chi connectivity index (χ1n) is 6.42. The van der Waals surface area contributed by atoms with Gasteiger partial charge in [0.2, 0.25) is 0 Å². The number of nitrogens with zero attached hydrogens (tertiary/aromatic N) is 1. The Balaban J connectivity index is 2.27. The molecule has 110 valence electrons. The molecule has 6 heteroatoms. The standard InChI is InChI=1S/C15H16N2O4/c1-8-4-9(2)6-11(5-8)13(15(19)20)16-14(18)12-7-10(3)21-17-12/h4-7,13H,1-3H3,(H,16,18)(H,19,20). The Hall–Kier alpha value is -2.63. The highest BCUT2D eigenvalue weighted by Gasteiger charge is 2.24. The highest BCUT2D eigenvalue weighted by molar-refractivity contribution is 5.95. The van der Waals surface area contributed by atoms with Gasteiger partial charge >= 0.3 is 5.97 Å². The van der Waals surface area contributed by atoms with E-state index in [1.807, 2.05) is 19.9 Å². The molecule has 1 amide bonds. The van der Waals surface area contributed by atoms with Crippen molar-refractivity contribution in [1.82, 2.24) is 10.5 Å². The van der Waals surface area contributed by atoms with Crippen molar-refractivity contribution in [2.75, 3.05) is 0 Å². The van der Waals surface area contributed by atoms with Crippen molar-refractivity contribution in [3.8, 4) is 0 Å². The van der Waals surface area contributed by atoms with Gasteiger partial charge in [0.25, 0.3) is 5.91 Å². The van der Waals surface area contributed by atoms with Crippen LogP contribution in [0.1, 0.15) is 39.0 Å². The van der Waals surface area contributed by atoms with Crippen LogP contribution in [0.25, 0.3) is 0 Å². The molecule has 0 radical (unpaired) electrons. The van der Waals surface area contributed by atoms with Gasteiger partial charge in [0, 0.05) is 6.07 Å². The van der Waals surface area contributed by atoms with Crippen LogP contribution in [-0.4, -0.2) is 22.1 Å². The molecule has 21 heavy (non-hydrogen) atoms. The van der Waals surface area contributed by atoms with Crippen molar-refractivity contribution in [2.45, 2.75) is 26.8 Å². The van der Waals surface area contributed by atoms with E-state index in [4.69, 9.17) is 4.52 Å².